The number of benzene rings is 1. The summed E-state index contributed by atoms with van der Waals surface area (Å²) in [4.78, 5) is 16.9. The second-order valence-electron chi connectivity index (χ2n) is 6.06. The van der Waals surface area contributed by atoms with Gasteiger partial charge in [-0.15, -0.1) is 0 Å². The molecule has 2 bridgehead atoms. The van der Waals surface area contributed by atoms with Gasteiger partial charge >= 0.3 is 0 Å². The molecule has 1 aromatic heterocycles. The number of carbonyl (C=O) groups excluding carboxylic acids is 1. The molecule has 2 aliphatic rings. The third-order valence-electron chi connectivity index (χ3n) is 4.86. The minimum Gasteiger partial charge on any atom is -0.327 e. The van der Waals surface area contributed by atoms with Crippen LogP contribution in [0.4, 0.5) is 5.13 Å². The van der Waals surface area contributed by atoms with Crippen LogP contribution in [0.1, 0.15) is 19.3 Å². The highest BCUT2D eigenvalue weighted by Gasteiger charge is 2.49. The van der Waals surface area contributed by atoms with Crippen molar-refractivity contribution in [1.82, 2.24) is 4.98 Å². The number of nitrogens with one attached hydrogen (secondary N) is 1. The lowest BCUT2D eigenvalue weighted by Crippen LogP contribution is -2.42. The van der Waals surface area contributed by atoms with Crippen molar-refractivity contribution in [2.75, 3.05) is 5.32 Å². The first-order chi connectivity index (χ1) is 10.1. The van der Waals surface area contributed by atoms with Gasteiger partial charge in [0.1, 0.15) is 0 Å². The van der Waals surface area contributed by atoms with E-state index in [9.17, 15) is 4.79 Å². The maximum atomic E-state index is 12.5. The number of halogens is 1. The number of thiazole rings is 1. The Labute approximate surface area is 131 Å². The molecule has 1 amide bonds. The van der Waals surface area contributed by atoms with Crippen molar-refractivity contribution in [1.29, 1.82) is 0 Å². The minimum absolute atomic E-state index is 0.00701. The fourth-order valence-electron chi connectivity index (χ4n) is 3.87. The molecule has 2 aromatic rings. The first kappa shape index (κ1) is 13.5. The molecule has 0 saturated heterocycles. The van der Waals surface area contributed by atoms with Crippen molar-refractivity contribution < 1.29 is 4.79 Å². The molecular formula is C15H16ClN3OS. The van der Waals surface area contributed by atoms with E-state index in [2.05, 4.69) is 10.3 Å². The molecular weight excluding hydrogens is 306 g/mol. The summed E-state index contributed by atoms with van der Waals surface area (Å²) >= 11 is 7.43. The summed E-state index contributed by atoms with van der Waals surface area (Å²) in [6.45, 7) is 0. The number of hydrogen-bond donors (Lipinski definition) is 2. The van der Waals surface area contributed by atoms with Crippen LogP contribution in [0.25, 0.3) is 10.2 Å². The molecule has 110 valence electrons. The summed E-state index contributed by atoms with van der Waals surface area (Å²) in [6.07, 6.45) is 3.41. The molecule has 3 N–H and O–H groups in total. The van der Waals surface area contributed by atoms with E-state index in [0.29, 0.717) is 22.0 Å². The van der Waals surface area contributed by atoms with E-state index < -0.39 is 0 Å². The molecule has 4 nitrogen and oxygen atoms in total. The fourth-order valence-corrected chi connectivity index (χ4v) is 5.01. The van der Waals surface area contributed by atoms with Crippen molar-refractivity contribution >= 4 is 44.2 Å². The number of carbonyl (C=O) groups is 1. The van der Waals surface area contributed by atoms with Gasteiger partial charge in [0, 0.05) is 11.1 Å². The molecule has 4 atom stereocenters. The van der Waals surface area contributed by atoms with Gasteiger partial charge < -0.3 is 11.1 Å². The standard InChI is InChI=1S/C15H16ClN3OS/c16-9-3-4-10-11(6-9)21-15(18-10)19-14(20)12-7-1-2-8(5-7)13(12)17/h3-4,6-8,12-13H,1-2,5,17H2,(H,18,19,20). The largest absolute Gasteiger partial charge is 0.327 e. The molecule has 2 fully saturated rings. The molecule has 2 saturated carbocycles. The van der Waals surface area contributed by atoms with Crippen LogP contribution in [0.15, 0.2) is 18.2 Å². The number of nitrogens with zero attached hydrogens (tertiary/aromatic N) is 1. The summed E-state index contributed by atoms with van der Waals surface area (Å²) < 4.78 is 0.982. The van der Waals surface area contributed by atoms with Crippen molar-refractivity contribution in [3.63, 3.8) is 0 Å². The molecule has 6 heteroatoms. The van der Waals surface area contributed by atoms with Crippen LogP contribution in [0.3, 0.4) is 0 Å². The molecule has 0 radical (unpaired) electrons. The number of nitrogens with two attached hydrogens (primary N) is 1. The maximum Gasteiger partial charge on any atom is 0.231 e. The van der Waals surface area contributed by atoms with Crippen molar-refractivity contribution in [2.24, 2.45) is 23.5 Å². The number of aromatic nitrogens is 1. The van der Waals surface area contributed by atoms with Gasteiger partial charge in [0.25, 0.3) is 0 Å². The van der Waals surface area contributed by atoms with E-state index in [1.54, 1.807) is 6.07 Å². The summed E-state index contributed by atoms with van der Waals surface area (Å²) in [6, 6.07) is 5.55. The molecule has 1 heterocycles. The summed E-state index contributed by atoms with van der Waals surface area (Å²) in [5.74, 6) is 0.952. The maximum absolute atomic E-state index is 12.5. The van der Waals surface area contributed by atoms with E-state index >= 15 is 0 Å². The molecule has 21 heavy (non-hydrogen) atoms. The Morgan fingerprint density at radius 3 is 2.95 bits per heavy atom. The predicted molar refractivity (Wildman–Crippen MR) is 85.6 cm³/mol. The van der Waals surface area contributed by atoms with Gasteiger partial charge in [-0.05, 0) is 49.3 Å². The first-order valence-electron chi connectivity index (χ1n) is 7.24. The van der Waals surface area contributed by atoms with Gasteiger partial charge in [0.15, 0.2) is 5.13 Å². The second-order valence-corrected chi connectivity index (χ2v) is 7.52. The third kappa shape index (κ3) is 2.24. The first-order valence-corrected chi connectivity index (χ1v) is 8.44. The second kappa shape index (κ2) is 4.93. The van der Waals surface area contributed by atoms with Gasteiger partial charge in [-0.25, -0.2) is 4.98 Å². The molecule has 0 aliphatic heterocycles. The summed E-state index contributed by atoms with van der Waals surface area (Å²) in [5.41, 5.74) is 7.08. The number of amides is 1. The number of anilines is 1. The van der Waals surface area contributed by atoms with E-state index in [-0.39, 0.29) is 17.9 Å². The predicted octanol–water partition coefficient (Wildman–Crippen LogP) is 3.26. The lowest BCUT2D eigenvalue weighted by molar-refractivity contribution is -0.121. The number of hydrogen-bond acceptors (Lipinski definition) is 4. The Balaban J connectivity index is 1.55. The molecule has 2 aliphatic carbocycles. The number of rotatable bonds is 2. The zero-order valence-electron chi connectivity index (χ0n) is 11.4. The Bertz CT molecular complexity index is 714. The SMILES string of the molecule is NC1C2CCC(C2)C1C(=O)Nc1nc2ccc(Cl)cc2s1. The van der Waals surface area contributed by atoms with E-state index in [1.807, 2.05) is 12.1 Å². The van der Waals surface area contributed by atoms with E-state index in [1.165, 1.54) is 17.8 Å². The van der Waals surface area contributed by atoms with Crippen molar-refractivity contribution in [3.8, 4) is 0 Å². The average Bonchev–Trinajstić information content (AvgIpc) is 3.11. The quantitative estimate of drug-likeness (QED) is 0.892. The van der Waals surface area contributed by atoms with Crippen LogP contribution in [0.2, 0.25) is 5.02 Å². The highest BCUT2D eigenvalue weighted by molar-refractivity contribution is 7.22. The average molecular weight is 322 g/mol. The minimum atomic E-state index is -0.0562. The van der Waals surface area contributed by atoms with Gasteiger partial charge in [-0.1, -0.05) is 22.9 Å². The lowest BCUT2D eigenvalue weighted by Gasteiger charge is -2.26. The summed E-state index contributed by atoms with van der Waals surface area (Å²) in [7, 11) is 0. The molecule has 1 aromatic carbocycles. The summed E-state index contributed by atoms with van der Waals surface area (Å²) in [5, 5.41) is 4.26. The van der Waals surface area contributed by atoms with Gasteiger partial charge in [0.2, 0.25) is 5.91 Å². The molecule has 4 rings (SSSR count). The van der Waals surface area contributed by atoms with Gasteiger partial charge in [0.05, 0.1) is 16.1 Å². The molecule has 4 unspecified atom stereocenters. The Morgan fingerprint density at radius 2 is 2.19 bits per heavy atom. The number of fused-ring (bicyclic) bond motifs is 3. The Hall–Kier alpha value is -1.17. The smallest absolute Gasteiger partial charge is 0.231 e. The highest BCUT2D eigenvalue weighted by atomic mass is 35.5. The monoisotopic (exact) mass is 321 g/mol. The van der Waals surface area contributed by atoms with E-state index in [4.69, 9.17) is 17.3 Å². The normalized spacial score (nSPS) is 31.0. The van der Waals surface area contributed by atoms with Gasteiger partial charge in [-0.2, -0.15) is 0 Å². The van der Waals surface area contributed by atoms with Crippen LogP contribution in [0.5, 0.6) is 0 Å². The third-order valence-corrected chi connectivity index (χ3v) is 6.03. The Kier molecular flexibility index (Phi) is 3.17. The van der Waals surface area contributed by atoms with Crippen LogP contribution in [-0.4, -0.2) is 16.9 Å². The zero-order chi connectivity index (χ0) is 14.6. The lowest BCUT2D eigenvalue weighted by atomic mass is 9.84. The van der Waals surface area contributed by atoms with Crippen LogP contribution in [-0.2, 0) is 4.79 Å². The topological polar surface area (TPSA) is 68.0 Å². The van der Waals surface area contributed by atoms with Crippen molar-refractivity contribution in [2.45, 2.75) is 25.3 Å². The van der Waals surface area contributed by atoms with Crippen LogP contribution in [0, 0.1) is 17.8 Å². The fraction of sp³-hybridized carbons (Fsp3) is 0.467. The van der Waals surface area contributed by atoms with Crippen LogP contribution < -0.4 is 11.1 Å². The Morgan fingerprint density at radius 1 is 1.38 bits per heavy atom. The van der Waals surface area contributed by atoms with Crippen molar-refractivity contribution in [3.05, 3.63) is 23.2 Å². The zero-order valence-corrected chi connectivity index (χ0v) is 13.0. The van der Waals surface area contributed by atoms with E-state index in [0.717, 1.165) is 23.1 Å². The molecule has 0 spiro atoms. The van der Waals surface area contributed by atoms with Gasteiger partial charge in [-0.3, -0.25) is 4.79 Å². The van der Waals surface area contributed by atoms with Crippen LogP contribution >= 0.6 is 22.9 Å². The highest BCUT2D eigenvalue weighted by Crippen LogP contribution is 2.48.